The highest BCUT2D eigenvalue weighted by Crippen LogP contribution is 2.34. The SMILES string of the molecule is CCCCc1oc2cccc(Cl)c2c1C(=O)c1ccccc1C#N. The Morgan fingerprint density at radius 2 is 2.00 bits per heavy atom. The summed E-state index contributed by atoms with van der Waals surface area (Å²) in [5.74, 6) is 0.419. The normalized spacial score (nSPS) is 10.7. The molecule has 120 valence electrons. The van der Waals surface area contributed by atoms with Crippen LogP contribution in [-0.4, -0.2) is 5.78 Å². The van der Waals surface area contributed by atoms with Crippen LogP contribution in [0.1, 0.15) is 47.0 Å². The third kappa shape index (κ3) is 2.81. The molecule has 2 aromatic carbocycles. The van der Waals surface area contributed by atoms with Crippen LogP contribution in [0.15, 0.2) is 46.9 Å². The second kappa shape index (κ2) is 6.90. The predicted molar refractivity (Wildman–Crippen MR) is 94.4 cm³/mol. The second-order valence-corrected chi connectivity index (χ2v) is 6.01. The first-order valence-corrected chi connectivity index (χ1v) is 8.28. The van der Waals surface area contributed by atoms with E-state index in [1.165, 1.54) is 0 Å². The van der Waals surface area contributed by atoms with Gasteiger partial charge in [0, 0.05) is 12.0 Å². The van der Waals surface area contributed by atoms with Crippen LogP contribution in [0.2, 0.25) is 5.02 Å². The Kier molecular flexibility index (Phi) is 4.69. The van der Waals surface area contributed by atoms with Gasteiger partial charge in [0.1, 0.15) is 11.3 Å². The molecule has 4 heteroatoms. The first-order valence-electron chi connectivity index (χ1n) is 7.91. The summed E-state index contributed by atoms with van der Waals surface area (Å²) in [5.41, 5.74) is 1.81. The van der Waals surface area contributed by atoms with Crippen LogP contribution in [0.25, 0.3) is 11.0 Å². The van der Waals surface area contributed by atoms with Gasteiger partial charge in [0.2, 0.25) is 0 Å². The lowest BCUT2D eigenvalue weighted by molar-refractivity contribution is 0.103. The Morgan fingerprint density at radius 3 is 2.75 bits per heavy atom. The number of nitriles is 1. The number of rotatable bonds is 5. The zero-order chi connectivity index (χ0) is 17.1. The number of nitrogens with zero attached hydrogens (tertiary/aromatic N) is 1. The van der Waals surface area contributed by atoms with E-state index in [4.69, 9.17) is 16.0 Å². The molecule has 3 rings (SSSR count). The van der Waals surface area contributed by atoms with Crippen molar-refractivity contribution < 1.29 is 9.21 Å². The maximum atomic E-state index is 13.2. The van der Waals surface area contributed by atoms with Crippen molar-refractivity contribution in [3.63, 3.8) is 0 Å². The number of benzene rings is 2. The van der Waals surface area contributed by atoms with Crippen LogP contribution in [-0.2, 0) is 6.42 Å². The fourth-order valence-electron chi connectivity index (χ4n) is 2.82. The van der Waals surface area contributed by atoms with Crippen LogP contribution in [0.3, 0.4) is 0 Å². The lowest BCUT2D eigenvalue weighted by Crippen LogP contribution is -2.06. The molecule has 0 bridgehead atoms. The summed E-state index contributed by atoms with van der Waals surface area (Å²) in [6.45, 7) is 2.09. The minimum absolute atomic E-state index is 0.217. The molecule has 0 saturated carbocycles. The maximum Gasteiger partial charge on any atom is 0.198 e. The fourth-order valence-corrected chi connectivity index (χ4v) is 3.08. The van der Waals surface area contributed by atoms with Crippen LogP contribution < -0.4 is 0 Å². The van der Waals surface area contributed by atoms with E-state index in [0.717, 1.165) is 12.8 Å². The van der Waals surface area contributed by atoms with Crippen LogP contribution in [0, 0.1) is 11.3 Å². The summed E-state index contributed by atoms with van der Waals surface area (Å²) >= 11 is 6.34. The molecule has 3 aromatic rings. The van der Waals surface area contributed by atoms with E-state index < -0.39 is 0 Å². The van der Waals surface area contributed by atoms with E-state index in [0.29, 0.717) is 44.9 Å². The number of halogens is 1. The van der Waals surface area contributed by atoms with Crippen molar-refractivity contribution in [2.45, 2.75) is 26.2 Å². The van der Waals surface area contributed by atoms with Gasteiger partial charge in [-0.25, -0.2) is 0 Å². The monoisotopic (exact) mass is 337 g/mol. The highest BCUT2D eigenvalue weighted by molar-refractivity contribution is 6.37. The Labute approximate surface area is 145 Å². The van der Waals surface area contributed by atoms with Gasteiger partial charge in [0.15, 0.2) is 5.78 Å². The molecular weight excluding hydrogens is 322 g/mol. The van der Waals surface area contributed by atoms with E-state index >= 15 is 0 Å². The van der Waals surface area contributed by atoms with Gasteiger partial charge in [-0.15, -0.1) is 0 Å². The van der Waals surface area contributed by atoms with Crippen molar-refractivity contribution in [1.29, 1.82) is 5.26 Å². The number of hydrogen-bond donors (Lipinski definition) is 0. The molecule has 3 nitrogen and oxygen atoms in total. The van der Waals surface area contributed by atoms with Crippen LogP contribution in [0.4, 0.5) is 0 Å². The molecule has 0 radical (unpaired) electrons. The summed E-state index contributed by atoms with van der Waals surface area (Å²) in [6.07, 6.45) is 2.57. The highest BCUT2D eigenvalue weighted by atomic mass is 35.5. The summed E-state index contributed by atoms with van der Waals surface area (Å²) in [4.78, 5) is 13.2. The highest BCUT2D eigenvalue weighted by Gasteiger charge is 2.24. The second-order valence-electron chi connectivity index (χ2n) is 5.60. The van der Waals surface area contributed by atoms with Gasteiger partial charge in [-0.1, -0.05) is 43.1 Å². The van der Waals surface area contributed by atoms with E-state index in [2.05, 4.69) is 13.0 Å². The zero-order valence-electron chi connectivity index (χ0n) is 13.3. The number of aryl methyl sites for hydroxylation is 1. The number of fused-ring (bicyclic) bond motifs is 1. The van der Waals surface area contributed by atoms with E-state index in [9.17, 15) is 10.1 Å². The van der Waals surface area contributed by atoms with E-state index in [-0.39, 0.29) is 5.78 Å². The van der Waals surface area contributed by atoms with Gasteiger partial charge in [-0.2, -0.15) is 5.26 Å². The van der Waals surface area contributed by atoms with Crippen molar-refractivity contribution >= 4 is 28.4 Å². The van der Waals surface area contributed by atoms with Gasteiger partial charge in [0.25, 0.3) is 0 Å². The molecule has 0 fully saturated rings. The molecule has 0 N–H and O–H groups in total. The molecule has 0 aliphatic rings. The molecule has 0 spiro atoms. The third-order valence-corrected chi connectivity index (χ3v) is 4.33. The van der Waals surface area contributed by atoms with Gasteiger partial charge < -0.3 is 4.42 Å². The van der Waals surface area contributed by atoms with Crippen molar-refractivity contribution in [3.8, 4) is 6.07 Å². The first-order chi connectivity index (χ1) is 11.7. The largest absolute Gasteiger partial charge is 0.460 e. The first kappa shape index (κ1) is 16.3. The number of furan rings is 1. The minimum Gasteiger partial charge on any atom is -0.460 e. The molecule has 0 aliphatic heterocycles. The standard InChI is InChI=1S/C20H16ClNO2/c1-2-3-10-17-19(18-15(21)9-6-11-16(18)24-17)20(23)14-8-5-4-7-13(14)12-22/h4-9,11H,2-3,10H2,1H3. The van der Waals surface area contributed by atoms with Gasteiger partial charge in [-0.3, -0.25) is 4.79 Å². The summed E-state index contributed by atoms with van der Waals surface area (Å²) in [7, 11) is 0. The van der Waals surface area contributed by atoms with Gasteiger partial charge >= 0.3 is 0 Å². The van der Waals surface area contributed by atoms with Gasteiger partial charge in [-0.05, 0) is 30.7 Å². The zero-order valence-corrected chi connectivity index (χ0v) is 14.1. The summed E-state index contributed by atoms with van der Waals surface area (Å²) in [6, 6.07) is 14.2. The molecule has 0 atom stereocenters. The molecule has 1 aromatic heterocycles. The van der Waals surface area contributed by atoms with Crippen LogP contribution in [0.5, 0.6) is 0 Å². The number of carbonyl (C=O) groups is 1. The number of ketones is 1. The smallest absolute Gasteiger partial charge is 0.198 e. The average molecular weight is 338 g/mol. The molecule has 0 saturated heterocycles. The molecular formula is C20H16ClNO2. The molecule has 0 aliphatic carbocycles. The molecule has 24 heavy (non-hydrogen) atoms. The number of carbonyl (C=O) groups excluding carboxylic acids is 1. The van der Waals surface area contributed by atoms with Crippen molar-refractivity contribution in [2.24, 2.45) is 0 Å². The average Bonchev–Trinajstić information content (AvgIpc) is 2.99. The molecule has 0 unspecified atom stereocenters. The number of unbranched alkanes of at least 4 members (excludes halogenated alkanes) is 1. The third-order valence-electron chi connectivity index (χ3n) is 4.01. The maximum absolute atomic E-state index is 13.2. The Bertz CT molecular complexity index is 950. The van der Waals surface area contributed by atoms with Crippen molar-refractivity contribution in [3.05, 3.63) is 69.9 Å². The van der Waals surface area contributed by atoms with E-state index in [1.54, 1.807) is 36.4 Å². The summed E-state index contributed by atoms with van der Waals surface area (Å²) in [5, 5.41) is 10.4. The lowest BCUT2D eigenvalue weighted by Gasteiger charge is -2.05. The van der Waals surface area contributed by atoms with Crippen molar-refractivity contribution in [2.75, 3.05) is 0 Å². The van der Waals surface area contributed by atoms with E-state index in [1.807, 2.05) is 6.07 Å². The topological polar surface area (TPSA) is 54.0 Å². The quantitative estimate of drug-likeness (QED) is 0.575. The Balaban J connectivity index is 2.23. The molecule has 1 heterocycles. The number of hydrogen-bond acceptors (Lipinski definition) is 3. The Hall–Kier alpha value is -2.57. The fraction of sp³-hybridized carbons (Fsp3) is 0.200. The van der Waals surface area contributed by atoms with Gasteiger partial charge in [0.05, 0.1) is 27.6 Å². The minimum atomic E-state index is -0.217. The lowest BCUT2D eigenvalue weighted by atomic mass is 9.95. The summed E-state index contributed by atoms with van der Waals surface area (Å²) < 4.78 is 5.91. The molecule has 0 amide bonds. The van der Waals surface area contributed by atoms with Crippen molar-refractivity contribution in [1.82, 2.24) is 0 Å². The predicted octanol–water partition coefficient (Wildman–Crippen LogP) is 5.53. The van der Waals surface area contributed by atoms with Crippen LogP contribution >= 0.6 is 11.6 Å². The Morgan fingerprint density at radius 1 is 1.21 bits per heavy atom.